The maximum atomic E-state index is 4.33. The quantitative estimate of drug-likeness (QED) is 0.885. The van der Waals surface area contributed by atoms with E-state index in [1.54, 1.807) is 0 Å². The molecule has 18 heavy (non-hydrogen) atoms. The van der Waals surface area contributed by atoms with Gasteiger partial charge in [0.15, 0.2) is 0 Å². The maximum Gasteiger partial charge on any atom is 0.0746 e. The van der Waals surface area contributed by atoms with Gasteiger partial charge in [0, 0.05) is 21.7 Å². The molecule has 1 N–H and O–H groups in total. The Bertz CT molecular complexity index is 517. The zero-order valence-corrected chi connectivity index (χ0v) is 13.5. The lowest BCUT2D eigenvalue weighted by molar-refractivity contribution is 0.563. The van der Waals surface area contributed by atoms with Crippen LogP contribution >= 0.6 is 31.9 Å². The van der Waals surface area contributed by atoms with Crippen LogP contribution in [0.25, 0.3) is 0 Å². The molecular weight excluding hydrogens is 358 g/mol. The van der Waals surface area contributed by atoms with Gasteiger partial charge in [0.1, 0.15) is 0 Å². The Morgan fingerprint density at radius 1 is 1.28 bits per heavy atom. The van der Waals surface area contributed by atoms with Crippen LogP contribution in [0.3, 0.4) is 0 Å². The topological polar surface area (TPSA) is 29.9 Å². The van der Waals surface area contributed by atoms with Gasteiger partial charge in [-0.15, -0.1) is 0 Å². The molecule has 0 spiro atoms. The molecule has 96 valence electrons. The maximum absolute atomic E-state index is 4.33. The molecule has 0 aliphatic heterocycles. The largest absolute Gasteiger partial charge is 0.308 e. The highest BCUT2D eigenvalue weighted by Crippen LogP contribution is 2.27. The summed E-state index contributed by atoms with van der Waals surface area (Å²) >= 11 is 7.06. The molecule has 1 unspecified atom stereocenters. The van der Waals surface area contributed by atoms with Crippen molar-refractivity contribution in [3.63, 3.8) is 0 Å². The van der Waals surface area contributed by atoms with Crippen LogP contribution in [0, 0.1) is 0 Å². The monoisotopic (exact) mass is 371 g/mol. The smallest absolute Gasteiger partial charge is 0.0746 e. The first kappa shape index (κ1) is 13.8. The lowest BCUT2D eigenvalue weighted by Gasteiger charge is -2.18. The van der Waals surface area contributed by atoms with Crippen LogP contribution in [0.2, 0.25) is 0 Å². The van der Waals surface area contributed by atoms with Crippen molar-refractivity contribution < 1.29 is 0 Å². The van der Waals surface area contributed by atoms with Crippen LogP contribution in [0.15, 0.2) is 39.4 Å². The predicted octanol–water partition coefficient (Wildman–Crippen LogP) is 3.74. The third kappa shape index (κ3) is 2.84. The minimum atomic E-state index is 0.140. The normalized spacial score (nSPS) is 12.7. The van der Waals surface area contributed by atoms with Crippen LogP contribution in [0.1, 0.15) is 24.2 Å². The fourth-order valence-corrected chi connectivity index (χ4v) is 3.41. The highest BCUT2D eigenvalue weighted by atomic mass is 79.9. The van der Waals surface area contributed by atoms with E-state index in [1.807, 2.05) is 24.0 Å². The second-order valence-corrected chi connectivity index (χ2v) is 5.83. The molecule has 0 bridgehead atoms. The second-order valence-electron chi connectivity index (χ2n) is 4.00. The van der Waals surface area contributed by atoms with Crippen LogP contribution in [0.4, 0.5) is 0 Å². The van der Waals surface area contributed by atoms with Gasteiger partial charge in [-0.3, -0.25) is 4.68 Å². The molecule has 0 saturated carbocycles. The van der Waals surface area contributed by atoms with E-state index in [1.165, 1.54) is 11.3 Å². The minimum Gasteiger partial charge on any atom is -0.308 e. The van der Waals surface area contributed by atoms with Crippen molar-refractivity contribution in [1.82, 2.24) is 15.1 Å². The van der Waals surface area contributed by atoms with E-state index in [0.29, 0.717) is 0 Å². The molecular formula is C13H15Br2N3. The lowest BCUT2D eigenvalue weighted by atomic mass is 10.0. The molecule has 3 nitrogen and oxygen atoms in total. The Morgan fingerprint density at radius 3 is 2.50 bits per heavy atom. The van der Waals surface area contributed by atoms with Crippen LogP contribution in [0.5, 0.6) is 0 Å². The Labute approximate surface area is 124 Å². The summed E-state index contributed by atoms with van der Waals surface area (Å²) in [6.45, 7) is 2.97. The molecule has 1 heterocycles. The minimum absolute atomic E-state index is 0.140. The molecule has 0 aliphatic rings. The SMILES string of the molecule is CCn1nccc1C(NC)c1cc(Br)cc(Br)c1. The number of aryl methyl sites for hydroxylation is 1. The fraction of sp³-hybridized carbons (Fsp3) is 0.308. The van der Waals surface area contributed by atoms with E-state index in [2.05, 4.69) is 67.4 Å². The number of benzene rings is 1. The lowest BCUT2D eigenvalue weighted by Crippen LogP contribution is -2.21. The number of rotatable bonds is 4. The summed E-state index contributed by atoms with van der Waals surface area (Å²) in [7, 11) is 1.96. The number of nitrogens with zero attached hydrogens (tertiary/aromatic N) is 2. The van der Waals surface area contributed by atoms with E-state index in [9.17, 15) is 0 Å². The van der Waals surface area contributed by atoms with Gasteiger partial charge in [0.05, 0.1) is 11.7 Å². The van der Waals surface area contributed by atoms with Gasteiger partial charge in [0.25, 0.3) is 0 Å². The number of hydrogen-bond acceptors (Lipinski definition) is 2. The molecule has 0 aliphatic carbocycles. The zero-order valence-electron chi connectivity index (χ0n) is 10.3. The molecule has 5 heteroatoms. The standard InChI is InChI=1S/C13H15Br2N3/c1-3-18-12(4-5-17-18)13(16-2)9-6-10(14)8-11(15)7-9/h4-8,13,16H,3H2,1-2H3. The molecule has 0 saturated heterocycles. The fourth-order valence-electron chi connectivity index (χ4n) is 2.08. The van der Waals surface area contributed by atoms with Gasteiger partial charge in [-0.2, -0.15) is 5.10 Å². The third-order valence-electron chi connectivity index (χ3n) is 2.85. The van der Waals surface area contributed by atoms with Crippen molar-refractivity contribution in [1.29, 1.82) is 0 Å². The van der Waals surface area contributed by atoms with Gasteiger partial charge in [0.2, 0.25) is 0 Å². The molecule has 0 fully saturated rings. The van der Waals surface area contributed by atoms with Crippen molar-refractivity contribution in [2.45, 2.75) is 19.5 Å². The molecule has 1 aromatic heterocycles. The van der Waals surface area contributed by atoms with Crippen molar-refractivity contribution in [2.75, 3.05) is 7.05 Å². The van der Waals surface area contributed by atoms with Crippen molar-refractivity contribution in [3.8, 4) is 0 Å². The van der Waals surface area contributed by atoms with Crippen LogP contribution in [-0.4, -0.2) is 16.8 Å². The Balaban J connectivity index is 2.45. The van der Waals surface area contributed by atoms with E-state index < -0.39 is 0 Å². The first-order valence-electron chi connectivity index (χ1n) is 5.80. The molecule has 2 aromatic rings. The first-order valence-corrected chi connectivity index (χ1v) is 7.39. The highest BCUT2D eigenvalue weighted by molar-refractivity contribution is 9.11. The van der Waals surface area contributed by atoms with Gasteiger partial charge >= 0.3 is 0 Å². The zero-order chi connectivity index (χ0) is 13.1. The summed E-state index contributed by atoms with van der Waals surface area (Å²) in [4.78, 5) is 0. The average molecular weight is 373 g/mol. The Kier molecular flexibility index (Phi) is 4.59. The van der Waals surface area contributed by atoms with E-state index in [0.717, 1.165) is 15.5 Å². The average Bonchev–Trinajstić information content (AvgIpc) is 2.77. The molecule has 1 atom stereocenters. The van der Waals surface area contributed by atoms with E-state index in [-0.39, 0.29) is 6.04 Å². The van der Waals surface area contributed by atoms with E-state index >= 15 is 0 Å². The van der Waals surface area contributed by atoms with Crippen molar-refractivity contribution in [2.24, 2.45) is 0 Å². The third-order valence-corrected chi connectivity index (χ3v) is 3.77. The Hall–Kier alpha value is -0.650. The van der Waals surface area contributed by atoms with Gasteiger partial charge in [-0.1, -0.05) is 31.9 Å². The summed E-state index contributed by atoms with van der Waals surface area (Å²) in [6.07, 6.45) is 1.84. The predicted molar refractivity (Wildman–Crippen MR) is 80.6 cm³/mol. The van der Waals surface area contributed by atoms with Crippen LogP contribution in [-0.2, 0) is 6.54 Å². The van der Waals surface area contributed by atoms with Gasteiger partial charge in [-0.25, -0.2) is 0 Å². The van der Waals surface area contributed by atoms with E-state index in [4.69, 9.17) is 0 Å². The summed E-state index contributed by atoms with van der Waals surface area (Å²) < 4.78 is 4.14. The number of nitrogens with one attached hydrogen (secondary N) is 1. The van der Waals surface area contributed by atoms with Crippen molar-refractivity contribution in [3.05, 3.63) is 50.7 Å². The molecule has 0 radical (unpaired) electrons. The second kappa shape index (κ2) is 5.99. The van der Waals surface area contributed by atoms with Crippen LogP contribution < -0.4 is 5.32 Å². The van der Waals surface area contributed by atoms with Gasteiger partial charge in [-0.05, 0) is 43.8 Å². The number of halogens is 2. The number of aromatic nitrogens is 2. The van der Waals surface area contributed by atoms with Crippen molar-refractivity contribution >= 4 is 31.9 Å². The molecule has 0 amide bonds. The summed E-state index contributed by atoms with van der Waals surface area (Å²) in [5.74, 6) is 0. The summed E-state index contributed by atoms with van der Waals surface area (Å²) in [6, 6.07) is 8.48. The highest BCUT2D eigenvalue weighted by Gasteiger charge is 2.16. The molecule has 2 rings (SSSR count). The van der Waals surface area contributed by atoms with Gasteiger partial charge < -0.3 is 5.32 Å². The Morgan fingerprint density at radius 2 is 1.94 bits per heavy atom. The first-order chi connectivity index (χ1) is 8.65. The summed E-state index contributed by atoms with van der Waals surface area (Å²) in [5.41, 5.74) is 2.37. The molecule has 1 aromatic carbocycles. The number of hydrogen-bond donors (Lipinski definition) is 1. The summed E-state index contributed by atoms with van der Waals surface area (Å²) in [5, 5.41) is 7.67.